The highest BCUT2D eigenvalue weighted by molar-refractivity contribution is 7.89. The van der Waals surface area contributed by atoms with Gasteiger partial charge in [-0.2, -0.15) is 4.31 Å². The number of nitrogens with zero attached hydrogens (tertiary/aromatic N) is 2. The number of rotatable bonds is 8. The molecule has 0 atom stereocenters. The van der Waals surface area contributed by atoms with Crippen LogP contribution in [-0.4, -0.2) is 36.9 Å². The Kier molecular flexibility index (Phi) is 6.21. The fourth-order valence-electron chi connectivity index (χ4n) is 3.39. The lowest BCUT2D eigenvalue weighted by Gasteiger charge is -2.17. The molecule has 0 N–H and O–H groups in total. The van der Waals surface area contributed by atoms with Crippen molar-refractivity contribution in [1.82, 2.24) is 8.87 Å². The summed E-state index contributed by atoms with van der Waals surface area (Å²) < 4.78 is 44.2. The smallest absolute Gasteiger partial charge is 0.420 e. The van der Waals surface area contributed by atoms with E-state index in [1.54, 1.807) is 13.0 Å². The molecule has 9 nitrogen and oxygen atoms in total. The van der Waals surface area contributed by atoms with E-state index in [2.05, 4.69) is 0 Å². The van der Waals surface area contributed by atoms with Crippen molar-refractivity contribution in [3.8, 4) is 0 Å². The summed E-state index contributed by atoms with van der Waals surface area (Å²) >= 11 is 0. The maximum absolute atomic E-state index is 13.0. The number of sulfonamides is 1. The van der Waals surface area contributed by atoms with Gasteiger partial charge in [-0.25, -0.2) is 18.0 Å². The van der Waals surface area contributed by atoms with Crippen LogP contribution in [-0.2, 0) is 27.8 Å². The van der Waals surface area contributed by atoms with Gasteiger partial charge in [0.1, 0.15) is 5.76 Å². The van der Waals surface area contributed by atoms with Crippen LogP contribution in [0.2, 0.25) is 0 Å². The van der Waals surface area contributed by atoms with Crippen LogP contribution < -0.4 is 5.76 Å². The fourth-order valence-corrected chi connectivity index (χ4v) is 4.57. The van der Waals surface area contributed by atoms with E-state index < -0.39 is 21.7 Å². The highest BCUT2D eigenvalue weighted by Crippen LogP contribution is 2.23. The van der Waals surface area contributed by atoms with Gasteiger partial charge in [0, 0.05) is 19.7 Å². The SMILES string of the molecule is CCOC(=O)c1ccc(Cn2c(=O)oc3cc(S(=O)(=O)N(C)Cc4ccccc4)ccc32)o1. The minimum atomic E-state index is -3.81. The average molecular weight is 471 g/mol. The Morgan fingerprint density at radius 2 is 1.82 bits per heavy atom. The third-order valence-corrected chi connectivity index (χ3v) is 6.85. The number of fused-ring (bicyclic) bond motifs is 1. The summed E-state index contributed by atoms with van der Waals surface area (Å²) in [4.78, 5) is 24.2. The van der Waals surface area contributed by atoms with Crippen LogP contribution >= 0.6 is 0 Å². The van der Waals surface area contributed by atoms with E-state index in [9.17, 15) is 18.0 Å². The Hall–Kier alpha value is -3.63. The summed E-state index contributed by atoms with van der Waals surface area (Å²) in [5.74, 6) is -0.890. The van der Waals surface area contributed by atoms with E-state index in [-0.39, 0.29) is 35.9 Å². The van der Waals surface area contributed by atoms with Crippen LogP contribution in [0.5, 0.6) is 0 Å². The van der Waals surface area contributed by atoms with Crippen molar-refractivity contribution in [3.05, 3.63) is 88.3 Å². The molecule has 4 rings (SSSR count). The summed E-state index contributed by atoms with van der Waals surface area (Å²) in [5, 5.41) is 0. The van der Waals surface area contributed by atoms with Crippen LogP contribution in [0.1, 0.15) is 28.8 Å². The minimum absolute atomic E-state index is 0.00520. The molecule has 2 aromatic carbocycles. The lowest BCUT2D eigenvalue weighted by molar-refractivity contribution is 0.0488. The Morgan fingerprint density at radius 3 is 2.55 bits per heavy atom. The maximum atomic E-state index is 13.0. The summed E-state index contributed by atoms with van der Waals surface area (Å²) in [5.41, 5.74) is 1.38. The molecule has 0 unspecified atom stereocenters. The summed E-state index contributed by atoms with van der Waals surface area (Å²) in [6.07, 6.45) is 0. The first-order valence-electron chi connectivity index (χ1n) is 10.2. The summed E-state index contributed by atoms with van der Waals surface area (Å²) in [6.45, 7) is 2.11. The monoisotopic (exact) mass is 470 g/mol. The zero-order chi connectivity index (χ0) is 23.6. The van der Waals surface area contributed by atoms with Crippen molar-refractivity contribution in [2.75, 3.05) is 13.7 Å². The third-order valence-electron chi connectivity index (χ3n) is 5.05. The predicted molar refractivity (Wildman–Crippen MR) is 119 cm³/mol. The normalized spacial score (nSPS) is 11.8. The number of benzene rings is 2. The zero-order valence-electron chi connectivity index (χ0n) is 18.1. The van der Waals surface area contributed by atoms with Crippen molar-refractivity contribution in [1.29, 1.82) is 0 Å². The maximum Gasteiger partial charge on any atom is 0.420 e. The van der Waals surface area contributed by atoms with Crippen molar-refractivity contribution in [3.63, 3.8) is 0 Å². The fraction of sp³-hybridized carbons (Fsp3) is 0.217. The number of esters is 1. The first-order chi connectivity index (χ1) is 15.8. The molecule has 2 aromatic heterocycles. The van der Waals surface area contributed by atoms with E-state index in [4.69, 9.17) is 13.6 Å². The predicted octanol–water partition coefficient (Wildman–Crippen LogP) is 3.23. The molecule has 33 heavy (non-hydrogen) atoms. The minimum Gasteiger partial charge on any atom is -0.460 e. The van der Waals surface area contributed by atoms with E-state index in [1.807, 2.05) is 30.3 Å². The molecule has 0 saturated heterocycles. The molecule has 0 amide bonds. The number of aromatic nitrogens is 1. The molecule has 172 valence electrons. The molecule has 10 heteroatoms. The van der Waals surface area contributed by atoms with E-state index >= 15 is 0 Å². The Labute approximate surface area is 189 Å². The first-order valence-corrected chi connectivity index (χ1v) is 11.6. The van der Waals surface area contributed by atoms with Gasteiger partial charge in [0.15, 0.2) is 5.58 Å². The highest BCUT2D eigenvalue weighted by atomic mass is 32.2. The van der Waals surface area contributed by atoms with Crippen molar-refractivity contribution in [2.45, 2.75) is 24.9 Å². The number of oxazole rings is 1. The molecule has 0 fully saturated rings. The Morgan fingerprint density at radius 1 is 1.06 bits per heavy atom. The Balaban J connectivity index is 1.60. The lowest BCUT2D eigenvalue weighted by atomic mass is 10.2. The first kappa shape index (κ1) is 22.6. The van der Waals surface area contributed by atoms with Gasteiger partial charge in [-0.15, -0.1) is 0 Å². The number of ether oxygens (including phenoxy) is 1. The average Bonchev–Trinajstić information content (AvgIpc) is 3.39. The van der Waals surface area contributed by atoms with Gasteiger partial charge >= 0.3 is 11.7 Å². The topological polar surface area (TPSA) is 112 Å². The molecule has 0 spiro atoms. The van der Waals surface area contributed by atoms with Gasteiger partial charge in [0.05, 0.1) is 23.6 Å². The van der Waals surface area contributed by atoms with Crippen LogP contribution in [0, 0.1) is 0 Å². The Bertz CT molecular complexity index is 1450. The van der Waals surface area contributed by atoms with Crippen molar-refractivity contribution in [2.24, 2.45) is 0 Å². The van der Waals surface area contributed by atoms with Crippen LogP contribution in [0.25, 0.3) is 11.1 Å². The quantitative estimate of drug-likeness (QED) is 0.363. The second-order valence-corrected chi connectivity index (χ2v) is 9.36. The van der Waals surface area contributed by atoms with Gasteiger partial charge in [-0.05, 0) is 36.8 Å². The van der Waals surface area contributed by atoms with Crippen LogP contribution in [0.3, 0.4) is 0 Å². The number of furan rings is 1. The number of carbonyl (C=O) groups excluding carboxylic acids is 1. The van der Waals surface area contributed by atoms with Crippen LogP contribution in [0.15, 0.2) is 79.2 Å². The molecule has 2 heterocycles. The molecular formula is C23H22N2O7S. The molecule has 0 aliphatic heterocycles. The van der Waals surface area contributed by atoms with Crippen LogP contribution in [0.4, 0.5) is 0 Å². The third kappa shape index (κ3) is 4.62. The van der Waals surface area contributed by atoms with Gasteiger partial charge in [-0.3, -0.25) is 4.57 Å². The number of carbonyl (C=O) groups is 1. The van der Waals surface area contributed by atoms with E-state index in [0.29, 0.717) is 11.3 Å². The highest BCUT2D eigenvalue weighted by Gasteiger charge is 2.23. The van der Waals surface area contributed by atoms with Gasteiger partial charge in [0.25, 0.3) is 0 Å². The van der Waals surface area contributed by atoms with Gasteiger partial charge < -0.3 is 13.6 Å². The molecular weight excluding hydrogens is 448 g/mol. The second-order valence-electron chi connectivity index (χ2n) is 7.32. The van der Waals surface area contributed by atoms with E-state index in [1.165, 1.54) is 40.2 Å². The second kappa shape index (κ2) is 9.08. The standard InChI is InChI=1S/C23H22N2O7S/c1-3-30-22(26)20-12-9-17(31-20)15-25-19-11-10-18(13-21(19)32-23(25)27)33(28,29)24(2)14-16-7-5-4-6-8-16/h4-13H,3,14-15H2,1-2H3. The molecule has 0 bridgehead atoms. The largest absolute Gasteiger partial charge is 0.460 e. The lowest BCUT2D eigenvalue weighted by Crippen LogP contribution is -2.26. The van der Waals surface area contributed by atoms with Crippen molar-refractivity contribution >= 4 is 27.1 Å². The molecule has 0 saturated carbocycles. The van der Waals surface area contributed by atoms with E-state index in [0.717, 1.165) is 5.56 Å². The summed E-state index contributed by atoms with van der Waals surface area (Å²) in [6, 6.07) is 16.5. The molecule has 0 radical (unpaired) electrons. The molecule has 0 aliphatic carbocycles. The number of hydrogen-bond donors (Lipinski definition) is 0. The summed E-state index contributed by atoms with van der Waals surface area (Å²) in [7, 11) is -2.32. The van der Waals surface area contributed by atoms with Gasteiger partial charge in [-0.1, -0.05) is 30.3 Å². The molecule has 4 aromatic rings. The zero-order valence-corrected chi connectivity index (χ0v) is 18.9. The molecule has 0 aliphatic rings. The van der Waals surface area contributed by atoms with Gasteiger partial charge in [0.2, 0.25) is 15.8 Å². The number of hydrogen-bond acceptors (Lipinski definition) is 7. The van der Waals surface area contributed by atoms with Crippen molar-refractivity contribution < 1.29 is 26.8 Å².